The monoisotopic (exact) mass is 335 g/mol. The Kier molecular flexibility index (Phi) is 6.49. The van der Waals surface area contributed by atoms with Crippen LogP contribution in [0.25, 0.3) is 0 Å². The van der Waals surface area contributed by atoms with E-state index in [9.17, 15) is 9.59 Å². The van der Waals surface area contributed by atoms with Crippen molar-refractivity contribution in [1.82, 2.24) is 10.6 Å². The SMILES string of the molecule is COCCCNC(=O)c1ccccc1NC(=S)NC(=O)C1CC1. The van der Waals surface area contributed by atoms with Gasteiger partial charge in [-0.25, -0.2) is 0 Å². The summed E-state index contributed by atoms with van der Waals surface area (Å²) in [7, 11) is 1.62. The number of amides is 2. The maximum Gasteiger partial charge on any atom is 0.253 e. The molecule has 0 spiro atoms. The van der Waals surface area contributed by atoms with Crippen molar-refractivity contribution in [1.29, 1.82) is 0 Å². The third-order valence-electron chi connectivity index (χ3n) is 3.42. The van der Waals surface area contributed by atoms with Crippen LogP contribution in [0, 0.1) is 5.92 Å². The molecular weight excluding hydrogens is 314 g/mol. The van der Waals surface area contributed by atoms with Crippen molar-refractivity contribution in [3.63, 3.8) is 0 Å². The molecule has 2 rings (SSSR count). The molecule has 0 aliphatic heterocycles. The summed E-state index contributed by atoms with van der Waals surface area (Å²) >= 11 is 5.14. The normalized spacial score (nSPS) is 13.3. The van der Waals surface area contributed by atoms with Crippen molar-refractivity contribution >= 4 is 34.8 Å². The van der Waals surface area contributed by atoms with E-state index in [2.05, 4.69) is 16.0 Å². The molecule has 0 bridgehead atoms. The lowest BCUT2D eigenvalue weighted by molar-refractivity contribution is -0.120. The van der Waals surface area contributed by atoms with Crippen molar-refractivity contribution in [3.8, 4) is 0 Å². The van der Waals surface area contributed by atoms with Crippen LogP contribution in [0.2, 0.25) is 0 Å². The van der Waals surface area contributed by atoms with E-state index >= 15 is 0 Å². The quantitative estimate of drug-likeness (QED) is 0.522. The number of carbonyl (C=O) groups is 2. The van der Waals surface area contributed by atoms with Crippen LogP contribution in [0.3, 0.4) is 0 Å². The maximum absolute atomic E-state index is 12.2. The highest BCUT2D eigenvalue weighted by atomic mass is 32.1. The molecule has 6 nitrogen and oxygen atoms in total. The van der Waals surface area contributed by atoms with Gasteiger partial charge < -0.3 is 20.7 Å². The van der Waals surface area contributed by atoms with E-state index in [0.29, 0.717) is 24.4 Å². The van der Waals surface area contributed by atoms with Gasteiger partial charge in [0.1, 0.15) is 0 Å². The molecule has 23 heavy (non-hydrogen) atoms. The Morgan fingerprint density at radius 1 is 1.30 bits per heavy atom. The highest BCUT2D eigenvalue weighted by molar-refractivity contribution is 7.80. The minimum Gasteiger partial charge on any atom is -0.385 e. The van der Waals surface area contributed by atoms with Gasteiger partial charge in [0.05, 0.1) is 11.3 Å². The Bertz CT molecular complexity index is 588. The molecule has 1 aliphatic rings. The number of benzene rings is 1. The van der Waals surface area contributed by atoms with Gasteiger partial charge in [-0.15, -0.1) is 0 Å². The largest absolute Gasteiger partial charge is 0.385 e. The Balaban J connectivity index is 1.92. The number of nitrogens with one attached hydrogen (secondary N) is 3. The molecule has 0 atom stereocenters. The zero-order chi connectivity index (χ0) is 16.7. The molecule has 3 N–H and O–H groups in total. The Morgan fingerprint density at radius 3 is 2.74 bits per heavy atom. The minimum atomic E-state index is -0.194. The lowest BCUT2D eigenvalue weighted by Crippen LogP contribution is -2.36. The van der Waals surface area contributed by atoms with Crippen LogP contribution in [0.1, 0.15) is 29.6 Å². The summed E-state index contributed by atoms with van der Waals surface area (Å²) in [5.41, 5.74) is 1.05. The van der Waals surface area contributed by atoms with Crippen LogP contribution >= 0.6 is 12.2 Å². The predicted molar refractivity (Wildman–Crippen MR) is 92.4 cm³/mol. The molecule has 124 valence electrons. The second-order valence-corrected chi connectivity index (χ2v) is 5.77. The van der Waals surface area contributed by atoms with Gasteiger partial charge in [-0.1, -0.05) is 12.1 Å². The van der Waals surface area contributed by atoms with Crippen LogP contribution in [0.5, 0.6) is 0 Å². The predicted octanol–water partition coefficient (Wildman–Crippen LogP) is 1.68. The van der Waals surface area contributed by atoms with E-state index in [1.165, 1.54) is 0 Å². The fourth-order valence-corrected chi connectivity index (χ4v) is 2.23. The molecule has 1 aromatic carbocycles. The number of methoxy groups -OCH3 is 1. The number of thiocarbonyl (C=S) groups is 1. The Hall–Kier alpha value is -1.99. The Morgan fingerprint density at radius 2 is 2.04 bits per heavy atom. The summed E-state index contributed by atoms with van der Waals surface area (Å²) in [5, 5.41) is 8.61. The first-order valence-corrected chi connectivity index (χ1v) is 8.00. The molecule has 7 heteroatoms. The van der Waals surface area contributed by atoms with Crippen LogP contribution in [0.4, 0.5) is 5.69 Å². The zero-order valence-electron chi connectivity index (χ0n) is 13.1. The van der Waals surface area contributed by atoms with Crippen LogP contribution in [-0.4, -0.2) is 37.2 Å². The van der Waals surface area contributed by atoms with Gasteiger partial charge in [-0.05, 0) is 43.6 Å². The first-order valence-electron chi connectivity index (χ1n) is 7.60. The molecule has 2 amide bonds. The third kappa shape index (κ3) is 5.61. The van der Waals surface area contributed by atoms with Crippen LogP contribution in [-0.2, 0) is 9.53 Å². The van der Waals surface area contributed by atoms with Gasteiger partial charge >= 0.3 is 0 Å². The average Bonchev–Trinajstić information content (AvgIpc) is 3.36. The van der Waals surface area contributed by atoms with E-state index < -0.39 is 0 Å². The molecule has 1 aliphatic carbocycles. The summed E-state index contributed by atoms with van der Waals surface area (Å²) in [6, 6.07) is 7.04. The lowest BCUT2D eigenvalue weighted by atomic mass is 10.1. The summed E-state index contributed by atoms with van der Waals surface area (Å²) < 4.78 is 4.95. The number of para-hydroxylation sites is 1. The number of anilines is 1. The van der Waals surface area contributed by atoms with Gasteiger partial charge in [0.15, 0.2) is 5.11 Å². The Labute approximate surface area is 141 Å². The van der Waals surface area contributed by atoms with Gasteiger partial charge in [-0.3, -0.25) is 9.59 Å². The highest BCUT2D eigenvalue weighted by Crippen LogP contribution is 2.28. The minimum absolute atomic E-state index is 0.0657. The van der Waals surface area contributed by atoms with Crippen LogP contribution in [0.15, 0.2) is 24.3 Å². The van der Waals surface area contributed by atoms with Crippen molar-refractivity contribution in [2.75, 3.05) is 25.6 Å². The molecule has 0 aromatic heterocycles. The molecule has 1 fully saturated rings. The van der Waals surface area contributed by atoms with E-state index in [4.69, 9.17) is 17.0 Å². The zero-order valence-corrected chi connectivity index (χ0v) is 13.9. The topological polar surface area (TPSA) is 79.5 Å². The first-order chi connectivity index (χ1) is 11.1. The molecule has 0 saturated heterocycles. The number of hydrogen-bond donors (Lipinski definition) is 3. The van der Waals surface area contributed by atoms with E-state index in [1.807, 2.05) is 0 Å². The average molecular weight is 335 g/mol. The summed E-state index contributed by atoms with van der Waals surface area (Å²) in [6.45, 7) is 1.13. The third-order valence-corrected chi connectivity index (χ3v) is 3.62. The van der Waals surface area contributed by atoms with E-state index in [-0.39, 0.29) is 22.8 Å². The standard InChI is InChI=1S/C16H21N3O3S/c1-22-10-4-9-17-15(21)12-5-2-3-6-13(12)18-16(23)19-14(20)11-7-8-11/h2-3,5-6,11H,4,7-10H2,1H3,(H,17,21)(H2,18,19,20,23). The van der Waals surface area contributed by atoms with Crippen molar-refractivity contribution < 1.29 is 14.3 Å². The number of ether oxygens (including phenoxy) is 1. The molecule has 0 unspecified atom stereocenters. The van der Waals surface area contributed by atoms with Gasteiger partial charge in [0.25, 0.3) is 5.91 Å². The lowest BCUT2D eigenvalue weighted by Gasteiger charge is -2.13. The molecule has 1 saturated carbocycles. The highest BCUT2D eigenvalue weighted by Gasteiger charge is 2.30. The fraction of sp³-hybridized carbons (Fsp3) is 0.438. The van der Waals surface area contributed by atoms with Crippen molar-refractivity contribution in [2.24, 2.45) is 5.92 Å². The molecule has 1 aromatic rings. The summed E-state index contributed by atoms with van der Waals surface area (Å²) in [6.07, 6.45) is 2.57. The van der Waals surface area contributed by atoms with E-state index in [0.717, 1.165) is 19.3 Å². The number of carbonyl (C=O) groups excluding carboxylic acids is 2. The molecule has 0 heterocycles. The van der Waals surface area contributed by atoms with Crippen LogP contribution < -0.4 is 16.0 Å². The number of hydrogen-bond acceptors (Lipinski definition) is 4. The second kappa shape index (κ2) is 8.59. The first kappa shape index (κ1) is 17.4. The van der Waals surface area contributed by atoms with E-state index in [1.54, 1.807) is 31.4 Å². The smallest absolute Gasteiger partial charge is 0.253 e. The van der Waals surface area contributed by atoms with Gasteiger partial charge in [0.2, 0.25) is 5.91 Å². The van der Waals surface area contributed by atoms with Crippen molar-refractivity contribution in [3.05, 3.63) is 29.8 Å². The maximum atomic E-state index is 12.2. The fourth-order valence-electron chi connectivity index (χ4n) is 2.02. The molecule has 0 radical (unpaired) electrons. The van der Waals surface area contributed by atoms with Crippen molar-refractivity contribution in [2.45, 2.75) is 19.3 Å². The van der Waals surface area contributed by atoms with Gasteiger partial charge in [-0.2, -0.15) is 0 Å². The molecular formula is C16H21N3O3S. The van der Waals surface area contributed by atoms with Gasteiger partial charge in [0, 0.05) is 26.2 Å². The summed E-state index contributed by atoms with van der Waals surface area (Å²) in [4.78, 5) is 23.9. The summed E-state index contributed by atoms with van der Waals surface area (Å²) in [5.74, 6) is -0.182. The second-order valence-electron chi connectivity index (χ2n) is 5.37. The number of rotatable bonds is 7.